The largest absolute Gasteiger partial charge is 0.375 e. The lowest BCUT2D eigenvalue weighted by Crippen LogP contribution is -2.37. The summed E-state index contributed by atoms with van der Waals surface area (Å²) < 4.78 is 5.73. The van der Waals surface area contributed by atoms with Crippen LogP contribution in [0, 0.1) is 5.92 Å². The zero-order valence-electron chi connectivity index (χ0n) is 10.6. The summed E-state index contributed by atoms with van der Waals surface area (Å²) in [7, 11) is 0. The van der Waals surface area contributed by atoms with Crippen LogP contribution in [0.2, 0.25) is 0 Å². The van der Waals surface area contributed by atoms with E-state index in [0.717, 1.165) is 13.2 Å². The van der Waals surface area contributed by atoms with Crippen LogP contribution in [0.3, 0.4) is 0 Å². The van der Waals surface area contributed by atoms with Crippen molar-refractivity contribution >= 4 is 0 Å². The summed E-state index contributed by atoms with van der Waals surface area (Å²) in [5, 5.41) is 3.44. The van der Waals surface area contributed by atoms with Gasteiger partial charge in [0.25, 0.3) is 0 Å². The average molecular weight is 221 g/mol. The van der Waals surface area contributed by atoms with Gasteiger partial charge in [-0.2, -0.15) is 0 Å². The van der Waals surface area contributed by atoms with E-state index in [-0.39, 0.29) is 0 Å². The number of hydrogen-bond donors (Lipinski definition) is 1. The summed E-state index contributed by atoms with van der Waals surface area (Å²) in [6, 6.07) is 10.8. The summed E-state index contributed by atoms with van der Waals surface area (Å²) >= 11 is 0. The molecule has 1 unspecified atom stereocenters. The minimum Gasteiger partial charge on any atom is -0.375 e. The van der Waals surface area contributed by atoms with Gasteiger partial charge in [-0.3, -0.25) is 0 Å². The SMILES string of the molecule is CCNC(COCc1ccccc1)C(C)C. The molecule has 0 aliphatic rings. The van der Waals surface area contributed by atoms with Crippen molar-refractivity contribution in [3.63, 3.8) is 0 Å². The first-order chi connectivity index (χ1) is 7.74. The highest BCUT2D eigenvalue weighted by Crippen LogP contribution is 2.05. The highest BCUT2D eigenvalue weighted by Gasteiger charge is 2.11. The maximum Gasteiger partial charge on any atom is 0.0717 e. The van der Waals surface area contributed by atoms with E-state index >= 15 is 0 Å². The first kappa shape index (κ1) is 13.2. The Balaban J connectivity index is 2.28. The Kier molecular flexibility index (Phi) is 6.12. The van der Waals surface area contributed by atoms with Crippen molar-refractivity contribution in [3.8, 4) is 0 Å². The van der Waals surface area contributed by atoms with Gasteiger partial charge in [0.2, 0.25) is 0 Å². The van der Waals surface area contributed by atoms with Crippen molar-refractivity contribution in [2.45, 2.75) is 33.4 Å². The van der Waals surface area contributed by atoms with Crippen LogP contribution in [0.15, 0.2) is 30.3 Å². The number of likely N-dealkylation sites (N-methyl/N-ethyl adjacent to an activating group) is 1. The molecule has 0 aliphatic carbocycles. The van der Waals surface area contributed by atoms with E-state index in [4.69, 9.17) is 4.74 Å². The minimum atomic E-state index is 0.453. The second kappa shape index (κ2) is 7.42. The fourth-order valence-electron chi connectivity index (χ4n) is 1.63. The number of rotatable bonds is 7. The summed E-state index contributed by atoms with van der Waals surface area (Å²) in [6.45, 7) is 9.05. The monoisotopic (exact) mass is 221 g/mol. The Labute approximate surface area is 99.0 Å². The van der Waals surface area contributed by atoms with Crippen LogP contribution in [0.4, 0.5) is 0 Å². The quantitative estimate of drug-likeness (QED) is 0.764. The van der Waals surface area contributed by atoms with Crippen molar-refractivity contribution in [3.05, 3.63) is 35.9 Å². The van der Waals surface area contributed by atoms with Gasteiger partial charge in [-0.1, -0.05) is 51.1 Å². The molecule has 0 radical (unpaired) electrons. The summed E-state index contributed by atoms with van der Waals surface area (Å²) in [6.07, 6.45) is 0. The molecule has 1 aromatic carbocycles. The van der Waals surface area contributed by atoms with Gasteiger partial charge in [0.1, 0.15) is 0 Å². The highest BCUT2D eigenvalue weighted by atomic mass is 16.5. The smallest absolute Gasteiger partial charge is 0.0717 e. The van der Waals surface area contributed by atoms with Crippen molar-refractivity contribution in [2.24, 2.45) is 5.92 Å². The first-order valence-electron chi connectivity index (χ1n) is 6.09. The molecule has 0 spiro atoms. The molecular formula is C14H23NO. The second-order valence-electron chi connectivity index (χ2n) is 4.41. The highest BCUT2D eigenvalue weighted by molar-refractivity contribution is 5.13. The Morgan fingerprint density at radius 2 is 1.88 bits per heavy atom. The van der Waals surface area contributed by atoms with E-state index in [0.29, 0.717) is 18.6 Å². The van der Waals surface area contributed by atoms with Gasteiger partial charge in [-0.15, -0.1) is 0 Å². The van der Waals surface area contributed by atoms with Crippen LogP contribution in [0.5, 0.6) is 0 Å². The van der Waals surface area contributed by atoms with Crippen LogP contribution in [0.25, 0.3) is 0 Å². The molecule has 0 bridgehead atoms. The lowest BCUT2D eigenvalue weighted by molar-refractivity contribution is 0.0868. The van der Waals surface area contributed by atoms with Gasteiger partial charge in [0, 0.05) is 6.04 Å². The molecule has 1 atom stereocenters. The predicted molar refractivity (Wildman–Crippen MR) is 68.4 cm³/mol. The third-order valence-corrected chi connectivity index (χ3v) is 2.68. The van der Waals surface area contributed by atoms with Gasteiger partial charge < -0.3 is 10.1 Å². The van der Waals surface area contributed by atoms with Crippen LogP contribution >= 0.6 is 0 Å². The normalized spacial score (nSPS) is 13.0. The number of benzene rings is 1. The lowest BCUT2D eigenvalue weighted by Gasteiger charge is -2.21. The molecule has 0 heterocycles. The van der Waals surface area contributed by atoms with Crippen LogP contribution < -0.4 is 5.32 Å². The molecule has 0 amide bonds. The van der Waals surface area contributed by atoms with Gasteiger partial charge in [0.05, 0.1) is 13.2 Å². The zero-order chi connectivity index (χ0) is 11.8. The molecule has 16 heavy (non-hydrogen) atoms. The van der Waals surface area contributed by atoms with E-state index in [9.17, 15) is 0 Å². The first-order valence-corrected chi connectivity index (χ1v) is 6.09. The number of hydrogen-bond acceptors (Lipinski definition) is 2. The fraction of sp³-hybridized carbons (Fsp3) is 0.571. The molecule has 0 aromatic heterocycles. The molecule has 90 valence electrons. The molecule has 2 heteroatoms. The molecule has 0 saturated carbocycles. The zero-order valence-corrected chi connectivity index (χ0v) is 10.6. The molecule has 0 fully saturated rings. The Morgan fingerprint density at radius 1 is 1.19 bits per heavy atom. The standard InChI is InChI=1S/C14H23NO/c1-4-15-14(12(2)3)11-16-10-13-8-6-5-7-9-13/h5-9,12,14-15H,4,10-11H2,1-3H3. The molecular weight excluding hydrogens is 198 g/mol. The topological polar surface area (TPSA) is 21.3 Å². The molecule has 0 saturated heterocycles. The van der Waals surface area contributed by atoms with Crippen molar-refractivity contribution in [1.29, 1.82) is 0 Å². The molecule has 2 nitrogen and oxygen atoms in total. The van der Waals surface area contributed by atoms with Crippen LogP contribution in [-0.2, 0) is 11.3 Å². The van der Waals surface area contributed by atoms with E-state index in [1.165, 1.54) is 5.56 Å². The van der Waals surface area contributed by atoms with Gasteiger partial charge in [0.15, 0.2) is 0 Å². The van der Waals surface area contributed by atoms with E-state index in [1.54, 1.807) is 0 Å². The van der Waals surface area contributed by atoms with E-state index in [2.05, 4.69) is 38.2 Å². The summed E-state index contributed by atoms with van der Waals surface area (Å²) in [4.78, 5) is 0. The predicted octanol–water partition coefficient (Wildman–Crippen LogP) is 2.84. The van der Waals surface area contributed by atoms with Crippen molar-refractivity contribution in [1.82, 2.24) is 5.32 Å². The number of ether oxygens (including phenoxy) is 1. The third kappa shape index (κ3) is 4.77. The Hall–Kier alpha value is -0.860. The molecule has 1 N–H and O–H groups in total. The van der Waals surface area contributed by atoms with Crippen LogP contribution in [-0.4, -0.2) is 19.2 Å². The minimum absolute atomic E-state index is 0.453. The Morgan fingerprint density at radius 3 is 2.44 bits per heavy atom. The van der Waals surface area contributed by atoms with Gasteiger partial charge in [-0.05, 0) is 18.0 Å². The average Bonchev–Trinajstić information content (AvgIpc) is 2.29. The van der Waals surface area contributed by atoms with E-state index < -0.39 is 0 Å². The lowest BCUT2D eigenvalue weighted by atomic mass is 10.1. The maximum atomic E-state index is 5.73. The fourth-order valence-corrected chi connectivity index (χ4v) is 1.63. The van der Waals surface area contributed by atoms with Crippen molar-refractivity contribution in [2.75, 3.05) is 13.2 Å². The summed E-state index contributed by atoms with van der Waals surface area (Å²) in [5.41, 5.74) is 1.24. The van der Waals surface area contributed by atoms with E-state index in [1.807, 2.05) is 18.2 Å². The number of nitrogens with one attached hydrogen (secondary N) is 1. The molecule has 1 aromatic rings. The second-order valence-corrected chi connectivity index (χ2v) is 4.41. The van der Waals surface area contributed by atoms with Gasteiger partial charge >= 0.3 is 0 Å². The Bertz CT molecular complexity index is 271. The third-order valence-electron chi connectivity index (χ3n) is 2.68. The maximum absolute atomic E-state index is 5.73. The summed E-state index contributed by atoms with van der Waals surface area (Å²) in [5.74, 6) is 0.607. The molecule has 0 aliphatic heterocycles. The molecule has 1 rings (SSSR count). The van der Waals surface area contributed by atoms with Gasteiger partial charge in [-0.25, -0.2) is 0 Å². The van der Waals surface area contributed by atoms with Crippen molar-refractivity contribution < 1.29 is 4.74 Å². The van der Waals surface area contributed by atoms with Crippen LogP contribution in [0.1, 0.15) is 26.3 Å².